The zero-order valence-electron chi connectivity index (χ0n) is 37.5. The number of ether oxygens (including phenoxy) is 10. The SMILES string of the molecule is CCC(CC(C)(CC(C)(CC)C(=O)OC1OCC(OC2OCC(OC3OCC(C)C(C)C3OC(C)=O)C(C)C2OC(C)=O)C(C)C1OC(C)=O)C(=O)OC)c1ccccc1. The summed E-state index contributed by atoms with van der Waals surface area (Å²) in [5.41, 5.74) is -1.11. The van der Waals surface area contributed by atoms with Gasteiger partial charge in [-0.3, -0.25) is 24.0 Å². The van der Waals surface area contributed by atoms with Gasteiger partial charge in [-0.25, -0.2) is 0 Å². The average Bonchev–Trinajstić information content (AvgIpc) is 3.20. The molecule has 15 unspecified atom stereocenters. The number of methoxy groups -OCH3 is 1. The number of esters is 5. The molecule has 3 aliphatic heterocycles. The third-order valence-corrected chi connectivity index (χ3v) is 12.7. The molecule has 15 atom stereocenters. The van der Waals surface area contributed by atoms with Gasteiger partial charge in [-0.05, 0) is 56.9 Å². The zero-order valence-corrected chi connectivity index (χ0v) is 37.5. The molecule has 15 heteroatoms. The predicted molar refractivity (Wildman–Crippen MR) is 216 cm³/mol. The smallest absolute Gasteiger partial charge is 0.314 e. The Morgan fingerprint density at radius 2 is 1.12 bits per heavy atom. The van der Waals surface area contributed by atoms with Crippen LogP contribution in [0.5, 0.6) is 0 Å². The van der Waals surface area contributed by atoms with Crippen LogP contribution >= 0.6 is 0 Å². The van der Waals surface area contributed by atoms with E-state index in [2.05, 4.69) is 6.92 Å². The van der Waals surface area contributed by atoms with E-state index in [0.717, 1.165) is 12.0 Å². The molecule has 4 rings (SSSR count). The average molecular weight is 849 g/mol. The van der Waals surface area contributed by atoms with Crippen molar-refractivity contribution in [3.05, 3.63) is 35.9 Å². The maximum Gasteiger partial charge on any atom is 0.314 e. The van der Waals surface area contributed by atoms with E-state index < -0.39 is 102 Å². The molecule has 3 saturated heterocycles. The second kappa shape index (κ2) is 21.4. The lowest BCUT2D eigenvalue weighted by molar-refractivity contribution is -0.333. The van der Waals surface area contributed by atoms with Crippen molar-refractivity contribution in [1.29, 1.82) is 0 Å². The van der Waals surface area contributed by atoms with Crippen LogP contribution in [-0.4, -0.2) is 106 Å². The largest absolute Gasteiger partial charge is 0.469 e. The number of carbonyl (C=O) groups excluding carboxylic acids is 5. The summed E-state index contributed by atoms with van der Waals surface area (Å²) >= 11 is 0. The van der Waals surface area contributed by atoms with Crippen LogP contribution in [0.4, 0.5) is 0 Å². The van der Waals surface area contributed by atoms with Gasteiger partial charge >= 0.3 is 29.8 Å². The van der Waals surface area contributed by atoms with Crippen LogP contribution in [0.15, 0.2) is 30.3 Å². The second-order valence-electron chi connectivity index (χ2n) is 17.5. The van der Waals surface area contributed by atoms with Gasteiger partial charge in [-0.1, -0.05) is 71.9 Å². The summed E-state index contributed by atoms with van der Waals surface area (Å²) in [5, 5.41) is 0. The lowest BCUT2D eigenvalue weighted by atomic mass is 9.67. The van der Waals surface area contributed by atoms with E-state index in [1.165, 1.54) is 27.9 Å². The fourth-order valence-corrected chi connectivity index (χ4v) is 8.62. The van der Waals surface area contributed by atoms with Gasteiger partial charge in [-0.2, -0.15) is 0 Å². The Morgan fingerprint density at radius 1 is 0.650 bits per heavy atom. The molecular formula is C45H68O15. The highest BCUT2D eigenvalue weighted by molar-refractivity contribution is 5.81. The second-order valence-corrected chi connectivity index (χ2v) is 17.5. The molecule has 0 N–H and O–H groups in total. The molecule has 15 nitrogen and oxygen atoms in total. The summed E-state index contributed by atoms with van der Waals surface area (Å²) in [7, 11) is 1.35. The lowest BCUT2D eigenvalue weighted by Crippen LogP contribution is -2.58. The third kappa shape index (κ3) is 12.0. The Morgan fingerprint density at radius 3 is 1.58 bits per heavy atom. The van der Waals surface area contributed by atoms with E-state index in [-0.39, 0.29) is 37.4 Å². The molecule has 3 fully saturated rings. The third-order valence-electron chi connectivity index (χ3n) is 12.7. The molecule has 0 radical (unpaired) electrons. The van der Waals surface area contributed by atoms with Crippen molar-refractivity contribution in [3.63, 3.8) is 0 Å². The van der Waals surface area contributed by atoms with Gasteiger partial charge in [0.1, 0.15) is 0 Å². The van der Waals surface area contributed by atoms with Gasteiger partial charge in [0.05, 0.1) is 50.0 Å². The van der Waals surface area contributed by atoms with Crippen molar-refractivity contribution < 1.29 is 71.3 Å². The van der Waals surface area contributed by atoms with Gasteiger partial charge in [-0.15, -0.1) is 0 Å². The maximum absolute atomic E-state index is 14.2. The van der Waals surface area contributed by atoms with Gasteiger partial charge in [0.15, 0.2) is 30.9 Å². The summed E-state index contributed by atoms with van der Waals surface area (Å²) in [6.07, 6.45) is -5.62. The topological polar surface area (TPSA) is 178 Å². The van der Waals surface area contributed by atoms with Gasteiger partial charge in [0, 0.05) is 38.5 Å². The standard InChI is InChI=1S/C45H68O15/c1-13-32(33-18-16-15-17-19-33)20-45(11,42(49)51-12)24-44(10,14-2)43(50)60-41-38(57-31(9)48)28(6)35(23-54-41)59-40-37(56-30(8)47)27(5)34(22-53-40)58-39-36(55-29(7)46)26(4)25(3)21-52-39/h15-19,25-28,32,34-41H,13-14,20-24H2,1-12H3. The molecular weight excluding hydrogens is 780 g/mol. The van der Waals surface area contributed by atoms with Gasteiger partial charge in [0.2, 0.25) is 6.29 Å². The minimum absolute atomic E-state index is 0.0280. The molecule has 0 amide bonds. The minimum Gasteiger partial charge on any atom is -0.469 e. The zero-order chi connectivity index (χ0) is 44.5. The molecule has 0 aromatic heterocycles. The number of hydrogen-bond acceptors (Lipinski definition) is 15. The molecule has 1 aromatic carbocycles. The first-order valence-electron chi connectivity index (χ1n) is 21.3. The molecule has 0 aliphatic carbocycles. The van der Waals surface area contributed by atoms with Crippen molar-refractivity contribution in [3.8, 4) is 0 Å². The van der Waals surface area contributed by atoms with Crippen molar-refractivity contribution in [2.24, 2.45) is 34.5 Å². The van der Waals surface area contributed by atoms with Crippen molar-refractivity contribution >= 4 is 29.8 Å². The fourth-order valence-electron chi connectivity index (χ4n) is 8.62. The van der Waals surface area contributed by atoms with E-state index in [4.69, 9.17) is 47.4 Å². The van der Waals surface area contributed by atoms with Gasteiger partial charge in [0.25, 0.3) is 0 Å². The minimum atomic E-state index is -1.29. The number of carbonyl (C=O) groups is 5. The Hall–Kier alpha value is -3.63. The molecule has 338 valence electrons. The number of benzene rings is 1. The molecule has 3 aliphatic rings. The highest BCUT2D eigenvalue weighted by atomic mass is 16.8. The summed E-state index contributed by atoms with van der Waals surface area (Å²) in [4.78, 5) is 64.6. The predicted octanol–water partition coefficient (Wildman–Crippen LogP) is 6.28. The normalized spacial score (nSPS) is 33.2. The Balaban J connectivity index is 1.49. The molecule has 60 heavy (non-hydrogen) atoms. The molecule has 1 aromatic rings. The fraction of sp³-hybridized carbons (Fsp3) is 0.756. The quantitative estimate of drug-likeness (QED) is 0.126. The first-order chi connectivity index (χ1) is 28.3. The summed E-state index contributed by atoms with van der Waals surface area (Å²) in [6, 6.07) is 9.94. The number of rotatable bonds is 17. The van der Waals surface area contributed by atoms with Crippen LogP contribution in [0.2, 0.25) is 0 Å². The molecule has 0 saturated carbocycles. The van der Waals surface area contributed by atoms with E-state index in [1.807, 2.05) is 65.0 Å². The summed E-state index contributed by atoms with van der Waals surface area (Å²) in [5.74, 6) is -3.63. The van der Waals surface area contributed by atoms with Crippen molar-refractivity contribution in [2.75, 3.05) is 26.9 Å². The van der Waals surface area contributed by atoms with Crippen LogP contribution in [0.25, 0.3) is 0 Å². The van der Waals surface area contributed by atoms with Crippen molar-refractivity contribution in [1.82, 2.24) is 0 Å². The van der Waals surface area contributed by atoms with Crippen molar-refractivity contribution in [2.45, 2.75) is 157 Å². The van der Waals surface area contributed by atoms with E-state index >= 15 is 0 Å². The molecule has 0 spiro atoms. The highest BCUT2D eigenvalue weighted by Gasteiger charge is 2.52. The molecule has 3 heterocycles. The summed E-state index contributed by atoms with van der Waals surface area (Å²) < 4.78 is 59.5. The van der Waals surface area contributed by atoms with Crippen LogP contribution in [0, 0.1) is 34.5 Å². The maximum atomic E-state index is 14.2. The monoisotopic (exact) mass is 848 g/mol. The van der Waals surface area contributed by atoms with Crippen LogP contribution in [-0.2, 0) is 71.3 Å². The summed E-state index contributed by atoms with van der Waals surface area (Å²) in [6.45, 7) is 19.3. The van der Waals surface area contributed by atoms with Crippen LogP contribution in [0.1, 0.15) is 113 Å². The van der Waals surface area contributed by atoms with E-state index in [9.17, 15) is 24.0 Å². The Labute approximate surface area is 355 Å². The first kappa shape index (κ1) is 49.0. The molecule has 0 bridgehead atoms. The van der Waals surface area contributed by atoms with E-state index in [1.54, 1.807) is 13.8 Å². The lowest BCUT2D eigenvalue weighted by Gasteiger charge is -2.46. The van der Waals surface area contributed by atoms with Gasteiger partial charge < -0.3 is 47.4 Å². The van der Waals surface area contributed by atoms with E-state index in [0.29, 0.717) is 19.4 Å². The first-order valence-corrected chi connectivity index (χ1v) is 21.3. The Kier molecular flexibility index (Phi) is 17.5. The highest BCUT2D eigenvalue weighted by Crippen LogP contribution is 2.46. The van der Waals surface area contributed by atoms with Crippen LogP contribution in [0.3, 0.4) is 0 Å². The Bertz CT molecular complexity index is 1600. The van der Waals surface area contributed by atoms with Crippen LogP contribution < -0.4 is 0 Å². The number of hydrogen-bond donors (Lipinski definition) is 0.